The van der Waals surface area contributed by atoms with Gasteiger partial charge in [0.15, 0.2) is 5.69 Å². The number of ether oxygens (including phenoxy) is 3. The summed E-state index contributed by atoms with van der Waals surface area (Å²) in [4.78, 5) is 12.1. The van der Waals surface area contributed by atoms with Crippen LogP contribution in [-0.2, 0) is 25.9 Å². The first-order valence-electron chi connectivity index (χ1n) is 9.53. The van der Waals surface area contributed by atoms with Crippen LogP contribution in [0, 0.1) is 0 Å². The first-order chi connectivity index (χ1) is 14.0. The normalized spacial score (nSPS) is 15.2. The molecule has 0 aliphatic carbocycles. The van der Waals surface area contributed by atoms with Crippen LogP contribution in [0.15, 0.2) is 35.2 Å². The number of H-pyrrole nitrogens is 1. The van der Waals surface area contributed by atoms with Gasteiger partial charge in [0.1, 0.15) is 19.0 Å². The van der Waals surface area contributed by atoms with Crippen molar-refractivity contribution in [3.05, 3.63) is 41.7 Å². The van der Waals surface area contributed by atoms with Crippen molar-refractivity contribution in [1.82, 2.24) is 14.5 Å². The number of sulfonamides is 1. The van der Waals surface area contributed by atoms with Gasteiger partial charge in [-0.15, -0.1) is 0 Å². The van der Waals surface area contributed by atoms with E-state index in [0.717, 1.165) is 18.5 Å². The molecule has 1 fully saturated rings. The first kappa shape index (κ1) is 21.3. The Morgan fingerprint density at radius 2 is 1.93 bits per heavy atom. The molecule has 0 bridgehead atoms. The molecule has 29 heavy (non-hydrogen) atoms. The van der Waals surface area contributed by atoms with E-state index in [0.29, 0.717) is 32.1 Å². The summed E-state index contributed by atoms with van der Waals surface area (Å²) in [5.74, 6) is -0.0221. The van der Waals surface area contributed by atoms with Gasteiger partial charge in [0.2, 0.25) is 10.0 Å². The Morgan fingerprint density at radius 3 is 2.62 bits per heavy atom. The number of nitrogens with zero attached hydrogens (tertiary/aromatic N) is 2. The lowest BCUT2D eigenvalue weighted by Crippen LogP contribution is -2.40. The molecular formula is C19H25N3O6S. The van der Waals surface area contributed by atoms with Crippen molar-refractivity contribution in [2.24, 2.45) is 0 Å². The number of benzene rings is 1. The van der Waals surface area contributed by atoms with E-state index in [1.54, 1.807) is 18.2 Å². The highest BCUT2D eigenvalue weighted by Crippen LogP contribution is 2.20. The highest BCUT2D eigenvalue weighted by atomic mass is 32.2. The van der Waals surface area contributed by atoms with Crippen molar-refractivity contribution in [3.8, 4) is 5.75 Å². The number of esters is 1. The van der Waals surface area contributed by atoms with Crippen LogP contribution in [0.3, 0.4) is 0 Å². The lowest BCUT2D eigenvalue weighted by atomic mass is 10.2. The fourth-order valence-electron chi connectivity index (χ4n) is 2.88. The molecule has 2 heterocycles. The van der Waals surface area contributed by atoms with Crippen molar-refractivity contribution in [3.63, 3.8) is 0 Å². The second-order valence-corrected chi connectivity index (χ2v) is 8.44. The third kappa shape index (κ3) is 5.55. The summed E-state index contributed by atoms with van der Waals surface area (Å²) in [6.45, 7) is 3.75. The molecule has 1 aliphatic heterocycles. The molecule has 0 radical (unpaired) electrons. The molecule has 0 spiro atoms. The lowest BCUT2D eigenvalue weighted by Gasteiger charge is -2.26. The number of aryl methyl sites for hydroxylation is 1. The van der Waals surface area contributed by atoms with Gasteiger partial charge in [0.25, 0.3) is 0 Å². The zero-order valence-corrected chi connectivity index (χ0v) is 17.1. The minimum atomic E-state index is -3.53. The van der Waals surface area contributed by atoms with E-state index in [1.807, 2.05) is 6.92 Å². The van der Waals surface area contributed by atoms with Crippen LogP contribution in [0.1, 0.15) is 29.5 Å². The van der Waals surface area contributed by atoms with E-state index >= 15 is 0 Å². The van der Waals surface area contributed by atoms with Crippen molar-refractivity contribution in [2.75, 3.05) is 39.5 Å². The largest absolute Gasteiger partial charge is 0.490 e. The van der Waals surface area contributed by atoms with E-state index in [2.05, 4.69) is 10.2 Å². The van der Waals surface area contributed by atoms with E-state index in [9.17, 15) is 13.2 Å². The van der Waals surface area contributed by atoms with Gasteiger partial charge in [-0.3, -0.25) is 5.10 Å². The molecule has 10 heteroatoms. The summed E-state index contributed by atoms with van der Waals surface area (Å²) in [5, 5.41) is 6.74. The highest BCUT2D eigenvalue weighted by molar-refractivity contribution is 7.89. The number of hydrogen-bond acceptors (Lipinski definition) is 7. The van der Waals surface area contributed by atoms with Crippen LogP contribution in [0.5, 0.6) is 5.75 Å². The monoisotopic (exact) mass is 423 g/mol. The van der Waals surface area contributed by atoms with Gasteiger partial charge >= 0.3 is 5.97 Å². The maximum atomic E-state index is 12.6. The van der Waals surface area contributed by atoms with Gasteiger partial charge in [-0.05, 0) is 36.8 Å². The van der Waals surface area contributed by atoms with Gasteiger partial charge in [0, 0.05) is 18.8 Å². The highest BCUT2D eigenvalue weighted by Gasteiger charge is 2.26. The molecule has 1 aromatic carbocycles. The van der Waals surface area contributed by atoms with Crippen molar-refractivity contribution >= 4 is 16.0 Å². The zero-order valence-electron chi connectivity index (χ0n) is 16.3. The van der Waals surface area contributed by atoms with Gasteiger partial charge in [0.05, 0.1) is 18.1 Å². The fraction of sp³-hybridized carbons (Fsp3) is 0.474. The molecule has 0 amide bonds. The molecule has 158 valence electrons. The standard InChI is InChI=1S/C19H25N3O6S/c1-2-3-15-14-18(21-20-15)19(23)28-13-12-27-16-4-6-17(7-5-16)29(24,25)22-8-10-26-11-9-22/h4-7,14H,2-3,8-13H2,1H3,(H,20,21). The molecule has 3 rings (SSSR count). The number of hydrogen-bond donors (Lipinski definition) is 1. The Labute approximate surface area is 170 Å². The number of carbonyl (C=O) groups excluding carboxylic acids is 1. The van der Waals surface area contributed by atoms with E-state index in [-0.39, 0.29) is 23.8 Å². The minimum absolute atomic E-state index is 0.0582. The maximum Gasteiger partial charge on any atom is 0.358 e. The molecule has 0 atom stereocenters. The molecule has 0 saturated carbocycles. The fourth-order valence-corrected chi connectivity index (χ4v) is 4.28. The second-order valence-electron chi connectivity index (χ2n) is 6.50. The summed E-state index contributed by atoms with van der Waals surface area (Å²) in [6, 6.07) is 7.86. The summed E-state index contributed by atoms with van der Waals surface area (Å²) in [5.41, 5.74) is 1.13. The average molecular weight is 423 g/mol. The quantitative estimate of drug-likeness (QED) is 0.482. The number of morpholine rings is 1. The SMILES string of the molecule is CCCc1cc(C(=O)OCCOc2ccc(S(=O)(=O)N3CCOCC3)cc2)n[nH]1. The van der Waals surface area contributed by atoms with Gasteiger partial charge in [-0.1, -0.05) is 13.3 Å². The third-order valence-corrected chi connectivity index (χ3v) is 6.29. The molecule has 1 N–H and O–H groups in total. The van der Waals surface area contributed by atoms with Gasteiger partial charge in [-0.2, -0.15) is 9.40 Å². The van der Waals surface area contributed by atoms with Crippen molar-refractivity contribution in [2.45, 2.75) is 24.7 Å². The van der Waals surface area contributed by atoms with E-state index in [4.69, 9.17) is 14.2 Å². The number of rotatable bonds is 9. The Hall–Kier alpha value is -2.43. The number of carbonyl (C=O) groups is 1. The second kappa shape index (κ2) is 9.86. The molecule has 2 aromatic rings. The van der Waals surface area contributed by atoms with E-state index < -0.39 is 16.0 Å². The molecular weight excluding hydrogens is 398 g/mol. The number of aromatic amines is 1. The van der Waals surface area contributed by atoms with Crippen molar-refractivity contribution in [1.29, 1.82) is 0 Å². The predicted molar refractivity (Wildman–Crippen MR) is 104 cm³/mol. The summed E-state index contributed by atoms with van der Waals surface area (Å²) >= 11 is 0. The predicted octanol–water partition coefficient (Wildman–Crippen LogP) is 1.62. The molecule has 0 unspecified atom stereocenters. The maximum absolute atomic E-state index is 12.6. The van der Waals surface area contributed by atoms with Crippen LogP contribution < -0.4 is 4.74 Å². The number of aromatic nitrogens is 2. The Morgan fingerprint density at radius 1 is 1.21 bits per heavy atom. The van der Waals surface area contributed by atoms with Crippen LogP contribution >= 0.6 is 0 Å². The van der Waals surface area contributed by atoms with Crippen LogP contribution in [0.2, 0.25) is 0 Å². The smallest absolute Gasteiger partial charge is 0.358 e. The van der Waals surface area contributed by atoms with Gasteiger partial charge in [-0.25, -0.2) is 13.2 Å². The van der Waals surface area contributed by atoms with E-state index in [1.165, 1.54) is 16.4 Å². The summed E-state index contributed by atoms with van der Waals surface area (Å²) < 4.78 is 42.4. The van der Waals surface area contributed by atoms with Crippen LogP contribution in [0.4, 0.5) is 0 Å². The third-order valence-electron chi connectivity index (χ3n) is 4.38. The van der Waals surface area contributed by atoms with Crippen LogP contribution in [0.25, 0.3) is 0 Å². The molecule has 9 nitrogen and oxygen atoms in total. The lowest BCUT2D eigenvalue weighted by molar-refractivity contribution is 0.0443. The molecule has 1 aromatic heterocycles. The average Bonchev–Trinajstić information content (AvgIpc) is 3.21. The Kier molecular flexibility index (Phi) is 7.24. The first-order valence-corrected chi connectivity index (χ1v) is 11.0. The Bertz CT molecular complexity index is 904. The van der Waals surface area contributed by atoms with Crippen LogP contribution in [-0.4, -0.2) is 68.4 Å². The number of nitrogens with one attached hydrogen (secondary N) is 1. The zero-order chi connectivity index (χ0) is 20.7. The van der Waals surface area contributed by atoms with Crippen molar-refractivity contribution < 1.29 is 27.4 Å². The summed E-state index contributed by atoms with van der Waals surface area (Å²) in [7, 11) is -3.53. The van der Waals surface area contributed by atoms with Gasteiger partial charge < -0.3 is 14.2 Å². The minimum Gasteiger partial charge on any atom is -0.490 e. The molecule has 1 saturated heterocycles. The molecule has 1 aliphatic rings. The topological polar surface area (TPSA) is 111 Å². The Balaban J connectivity index is 1.45. The summed E-state index contributed by atoms with van der Waals surface area (Å²) in [6.07, 6.45) is 1.78.